The molecule has 2 bridgehead atoms. The van der Waals surface area contributed by atoms with Crippen molar-refractivity contribution in [2.24, 2.45) is 16.7 Å². The molecule has 2 aliphatic carbocycles. The van der Waals surface area contributed by atoms with E-state index in [9.17, 15) is 0 Å². The summed E-state index contributed by atoms with van der Waals surface area (Å²) < 4.78 is 6.28. The molecule has 0 N–H and O–H groups in total. The monoisotopic (exact) mass is 308 g/mol. The van der Waals surface area contributed by atoms with E-state index in [1.165, 1.54) is 12.8 Å². The number of ether oxygens (including phenoxy) is 1. The van der Waals surface area contributed by atoms with Crippen LogP contribution in [0.4, 0.5) is 0 Å². The summed E-state index contributed by atoms with van der Waals surface area (Å²) in [7, 11) is 0. The highest BCUT2D eigenvalue weighted by molar-refractivity contribution is 6.29. The van der Waals surface area contributed by atoms with Gasteiger partial charge in [-0.3, -0.25) is 0 Å². The lowest BCUT2D eigenvalue weighted by Gasteiger charge is -2.38. The topological polar surface area (TPSA) is 35.0 Å². The summed E-state index contributed by atoms with van der Waals surface area (Å²) in [5, 5.41) is 0.482. The average molecular weight is 309 g/mol. The standard InChI is InChI=1S/C17H25ClN2O/c1-5-6-14-19-13(18)10-15(20-14)21-12-9-11-7-8-17(12,4)16(11,2)3/h10-12H,5-9H2,1-4H3. The van der Waals surface area contributed by atoms with E-state index in [2.05, 4.69) is 37.7 Å². The maximum Gasteiger partial charge on any atom is 0.218 e. The second kappa shape index (κ2) is 5.12. The number of aryl methyl sites for hydroxylation is 1. The van der Waals surface area contributed by atoms with Crippen LogP contribution in [0.2, 0.25) is 5.15 Å². The smallest absolute Gasteiger partial charge is 0.218 e. The van der Waals surface area contributed by atoms with Crippen LogP contribution in [0.1, 0.15) is 59.2 Å². The van der Waals surface area contributed by atoms with Gasteiger partial charge in [0.1, 0.15) is 17.1 Å². The molecule has 1 aromatic heterocycles. The van der Waals surface area contributed by atoms with Crippen molar-refractivity contribution in [2.75, 3.05) is 0 Å². The van der Waals surface area contributed by atoms with Gasteiger partial charge in [-0.1, -0.05) is 39.3 Å². The van der Waals surface area contributed by atoms with Gasteiger partial charge >= 0.3 is 0 Å². The maximum atomic E-state index is 6.28. The van der Waals surface area contributed by atoms with E-state index in [4.69, 9.17) is 16.3 Å². The Labute approximate surface area is 132 Å². The molecule has 3 atom stereocenters. The largest absolute Gasteiger partial charge is 0.474 e. The van der Waals surface area contributed by atoms with E-state index >= 15 is 0 Å². The van der Waals surface area contributed by atoms with Crippen molar-refractivity contribution in [1.82, 2.24) is 9.97 Å². The minimum Gasteiger partial charge on any atom is -0.474 e. The molecule has 0 aromatic carbocycles. The molecular formula is C17H25ClN2O. The summed E-state index contributed by atoms with van der Waals surface area (Å²) in [4.78, 5) is 8.80. The van der Waals surface area contributed by atoms with Crippen LogP contribution in [0.25, 0.3) is 0 Å². The van der Waals surface area contributed by atoms with E-state index in [0.717, 1.165) is 31.0 Å². The maximum absolute atomic E-state index is 6.28. The molecule has 2 aliphatic rings. The van der Waals surface area contributed by atoms with Crippen molar-refractivity contribution >= 4 is 11.6 Å². The van der Waals surface area contributed by atoms with Gasteiger partial charge in [-0.2, -0.15) is 4.98 Å². The highest BCUT2D eigenvalue weighted by Crippen LogP contribution is 2.66. The van der Waals surface area contributed by atoms with Crippen molar-refractivity contribution < 1.29 is 4.74 Å². The third kappa shape index (κ3) is 2.34. The molecule has 116 valence electrons. The van der Waals surface area contributed by atoms with Crippen LogP contribution in [0.3, 0.4) is 0 Å². The van der Waals surface area contributed by atoms with Gasteiger partial charge in [0, 0.05) is 17.9 Å². The predicted molar refractivity (Wildman–Crippen MR) is 84.7 cm³/mol. The van der Waals surface area contributed by atoms with Crippen LogP contribution in [0.15, 0.2) is 6.07 Å². The van der Waals surface area contributed by atoms with Gasteiger partial charge in [0.05, 0.1) is 0 Å². The Hall–Kier alpha value is -0.830. The fourth-order valence-corrected chi connectivity index (χ4v) is 4.48. The molecule has 1 heterocycles. The van der Waals surface area contributed by atoms with Crippen LogP contribution in [0.5, 0.6) is 5.88 Å². The number of hydrogen-bond donors (Lipinski definition) is 0. The fourth-order valence-electron chi connectivity index (χ4n) is 4.29. The quantitative estimate of drug-likeness (QED) is 0.758. The number of rotatable bonds is 4. The van der Waals surface area contributed by atoms with Crippen LogP contribution in [-0.4, -0.2) is 16.1 Å². The zero-order chi connectivity index (χ0) is 15.3. The van der Waals surface area contributed by atoms with Crippen LogP contribution in [0, 0.1) is 16.7 Å². The highest BCUT2D eigenvalue weighted by Gasteiger charge is 2.62. The van der Waals surface area contributed by atoms with Gasteiger partial charge < -0.3 is 4.74 Å². The minimum absolute atomic E-state index is 0.236. The van der Waals surface area contributed by atoms with Gasteiger partial charge in [0.25, 0.3) is 0 Å². The van der Waals surface area contributed by atoms with Gasteiger partial charge in [-0.15, -0.1) is 0 Å². The Bertz CT molecular complexity index is 546. The molecule has 0 radical (unpaired) electrons. The first-order valence-electron chi connectivity index (χ1n) is 8.07. The lowest BCUT2D eigenvalue weighted by Crippen LogP contribution is -2.39. The Morgan fingerprint density at radius 3 is 2.67 bits per heavy atom. The van der Waals surface area contributed by atoms with Crippen molar-refractivity contribution in [3.63, 3.8) is 0 Å². The molecule has 0 aliphatic heterocycles. The second-order valence-corrected chi connectivity index (χ2v) is 7.80. The Morgan fingerprint density at radius 1 is 1.33 bits per heavy atom. The molecule has 0 saturated heterocycles. The van der Waals surface area contributed by atoms with Crippen LogP contribution in [-0.2, 0) is 6.42 Å². The molecule has 0 spiro atoms. The van der Waals surface area contributed by atoms with Crippen LogP contribution >= 0.6 is 11.6 Å². The van der Waals surface area contributed by atoms with E-state index in [1.54, 1.807) is 6.07 Å². The molecule has 2 fully saturated rings. The third-order valence-electron chi connectivity index (χ3n) is 6.17. The SMILES string of the molecule is CCCc1nc(Cl)cc(OC2CC3CCC2(C)C3(C)C)n1. The van der Waals surface area contributed by atoms with Gasteiger partial charge in [0.15, 0.2) is 0 Å². The lowest BCUT2D eigenvalue weighted by molar-refractivity contribution is 0.0271. The van der Waals surface area contributed by atoms with Gasteiger partial charge in [0.2, 0.25) is 5.88 Å². The summed E-state index contributed by atoms with van der Waals surface area (Å²) in [5.74, 6) is 2.19. The molecule has 2 saturated carbocycles. The summed E-state index contributed by atoms with van der Waals surface area (Å²) >= 11 is 6.11. The Kier molecular flexibility index (Phi) is 3.67. The molecular weight excluding hydrogens is 284 g/mol. The number of nitrogens with zero attached hydrogens (tertiary/aromatic N) is 2. The Morgan fingerprint density at radius 2 is 2.10 bits per heavy atom. The predicted octanol–water partition coefficient (Wildman–Crippen LogP) is 4.68. The van der Waals surface area contributed by atoms with Gasteiger partial charge in [-0.25, -0.2) is 4.98 Å². The van der Waals surface area contributed by atoms with E-state index in [-0.39, 0.29) is 11.5 Å². The zero-order valence-electron chi connectivity index (χ0n) is 13.4. The normalized spacial score (nSPS) is 33.4. The molecule has 0 amide bonds. The van der Waals surface area contributed by atoms with E-state index < -0.39 is 0 Å². The summed E-state index contributed by atoms with van der Waals surface area (Å²) in [6.45, 7) is 9.28. The number of aromatic nitrogens is 2. The molecule has 3 unspecified atom stereocenters. The van der Waals surface area contributed by atoms with E-state index in [1.807, 2.05) is 0 Å². The number of fused-ring (bicyclic) bond motifs is 2. The first-order valence-corrected chi connectivity index (χ1v) is 8.44. The van der Waals surface area contributed by atoms with Crippen molar-refractivity contribution in [2.45, 2.75) is 65.9 Å². The summed E-state index contributed by atoms with van der Waals surface area (Å²) in [6, 6.07) is 1.75. The van der Waals surface area contributed by atoms with Gasteiger partial charge in [-0.05, 0) is 37.0 Å². The van der Waals surface area contributed by atoms with Crippen LogP contribution < -0.4 is 4.74 Å². The van der Waals surface area contributed by atoms with Crippen molar-refractivity contribution in [3.8, 4) is 5.88 Å². The molecule has 4 heteroatoms. The zero-order valence-corrected chi connectivity index (χ0v) is 14.2. The number of hydrogen-bond acceptors (Lipinski definition) is 3. The average Bonchev–Trinajstić information content (AvgIpc) is 2.71. The third-order valence-corrected chi connectivity index (χ3v) is 6.36. The first kappa shape index (κ1) is 15.1. The highest BCUT2D eigenvalue weighted by atomic mass is 35.5. The lowest BCUT2D eigenvalue weighted by atomic mass is 9.70. The second-order valence-electron chi connectivity index (χ2n) is 7.41. The molecule has 3 nitrogen and oxygen atoms in total. The number of halogens is 1. The summed E-state index contributed by atoms with van der Waals surface area (Å²) in [5.41, 5.74) is 0.584. The Balaban J connectivity index is 1.82. The molecule has 21 heavy (non-hydrogen) atoms. The van der Waals surface area contributed by atoms with Crippen molar-refractivity contribution in [1.29, 1.82) is 0 Å². The van der Waals surface area contributed by atoms with E-state index in [0.29, 0.717) is 16.4 Å². The molecule has 3 rings (SSSR count). The first-order chi connectivity index (χ1) is 9.86. The molecule has 1 aromatic rings. The summed E-state index contributed by atoms with van der Waals surface area (Å²) in [6.07, 6.45) is 5.80. The fraction of sp³-hybridized carbons (Fsp3) is 0.765. The minimum atomic E-state index is 0.236. The van der Waals surface area contributed by atoms with Crippen molar-refractivity contribution in [3.05, 3.63) is 17.0 Å².